The average molecular weight is 338 g/mol. The predicted molar refractivity (Wildman–Crippen MR) is 85.2 cm³/mol. The largest absolute Gasteiger partial charge is 0.373 e. The van der Waals surface area contributed by atoms with Gasteiger partial charge in [0.05, 0.1) is 17.1 Å². The first-order chi connectivity index (χ1) is 10.7. The van der Waals surface area contributed by atoms with Gasteiger partial charge in [-0.15, -0.1) is 0 Å². The monoisotopic (exact) mass is 338 g/mol. The molecule has 1 aromatic rings. The number of carbonyl (C=O) groups is 1. The van der Waals surface area contributed by atoms with Crippen LogP contribution in [0.2, 0.25) is 0 Å². The molecule has 0 aromatic heterocycles. The van der Waals surface area contributed by atoms with Gasteiger partial charge in [0.2, 0.25) is 15.9 Å². The Labute approximate surface area is 137 Å². The second-order valence-corrected chi connectivity index (χ2v) is 8.69. The van der Waals surface area contributed by atoms with E-state index in [0.717, 1.165) is 11.1 Å². The molecule has 7 heteroatoms. The molecule has 2 aliphatic rings. The highest BCUT2D eigenvalue weighted by Crippen LogP contribution is 2.28. The number of amides is 1. The van der Waals surface area contributed by atoms with Crippen molar-refractivity contribution in [3.8, 4) is 0 Å². The van der Waals surface area contributed by atoms with Crippen molar-refractivity contribution in [1.29, 1.82) is 0 Å². The molecule has 0 aliphatic carbocycles. The second-order valence-electron chi connectivity index (χ2n) is 6.75. The summed E-state index contributed by atoms with van der Waals surface area (Å²) in [6.07, 6.45) is 0. The van der Waals surface area contributed by atoms with Crippen LogP contribution in [-0.2, 0) is 32.6 Å². The van der Waals surface area contributed by atoms with Crippen molar-refractivity contribution >= 4 is 15.9 Å². The van der Waals surface area contributed by atoms with Crippen LogP contribution < -0.4 is 0 Å². The third kappa shape index (κ3) is 3.13. The molecule has 0 saturated carbocycles. The first-order valence-electron chi connectivity index (χ1n) is 7.70. The molecular weight excluding hydrogens is 316 g/mol. The lowest BCUT2D eigenvalue weighted by molar-refractivity contribution is -0.129. The van der Waals surface area contributed by atoms with Gasteiger partial charge in [0.25, 0.3) is 0 Å². The van der Waals surface area contributed by atoms with E-state index in [1.807, 2.05) is 19.9 Å². The van der Waals surface area contributed by atoms with Crippen LogP contribution in [0.3, 0.4) is 0 Å². The van der Waals surface area contributed by atoms with Gasteiger partial charge in [-0.05, 0) is 37.1 Å². The zero-order valence-corrected chi connectivity index (χ0v) is 14.5. The highest BCUT2D eigenvalue weighted by atomic mass is 32.2. The Morgan fingerprint density at radius 2 is 1.91 bits per heavy atom. The normalized spacial score (nSPS) is 21.3. The van der Waals surface area contributed by atoms with Crippen molar-refractivity contribution in [2.24, 2.45) is 0 Å². The van der Waals surface area contributed by atoms with E-state index < -0.39 is 15.6 Å². The van der Waals surface area contributed by atoms with E-state index in [9.17, 15) is 13.2 Å². The number of morpholine rings is 1. The summed E-state index contributed by atoms with van der Waals surface area (Å²) in [7, 11) is -3.54. The Hall–Kier alpha value is -1.44. The summed E-state index contributed by atoms with van der Waals surface area (Å²) in [5, 5.41) is 0. The molecule has 6 nitrogen and oxygen atoms in total. The predicted octanol–water partition coefficient (Wildman–Crippen LogP) is 1.35. The first-order valence-corrected chi connectivity index (χ1v) is 9.14. The van der Waals surface area contributed by atoms with Crippen LogP contribution >= 0.6 is 0 Å². The number of carbonyl (C=O) groups excluding carboxylic acids is 1. The van der Waals surface area contributed by atoms with E-state index in [2.05, 4.69) is 0 Å². The standard InChI is InChI=1S/C16H22N2O4S/c1-12(19)17-9-13-4-5-15(8-14(13)10-17)23(20,21)18-6-7-22-16(2,3)11-18/h4-5,8H,6-7,9-11H2,1-3H3. The number of hydrogen-bond donors (Lipinski definition) is 0. The van der Waals surface area contributed by atoms with Crippen molar-refractivity contribution in [3.05, 3.63) is 29.3 Å². The van der Waals surface area contributed by atoms with E-state index in [1.165, 1.54) is 11.2 Å². The van der Waals surface area contributed by atoms with Gasteiger partial charge >= 0.3 is 0 Å². The molecule has 1 fully saturated rings. The number of benzene rings is 1. The van der Waals surface area contributed by atoms with Crippen LogP contribution in [0.4, 0.5) is 0 Å². The summed E-state index contributed by atoms with van der Waals surface area (Å²) in [6.45, 7) is 7.44. The summed E-state index contributed by atoms with van der Waals surface area (Å²) >= 11 is 0. The average Bonchev–Trinajstić information content (AvgIpc) is 2.89. The van der Waals surface area contributed by atoms with Crippen molar-refractivity contribution in [3.63, 3.8) is 0 Å². The molecule has 0 N–H and O–H groups in total. The maximum absolute atomic E-state index is 12.9. The summed E-state index contributed by atoms with van der Waals surface area (Å²) in [5.74, 6) is 0.000496. The van der Waals surface area contributed by atoms with Crippen molar-refractivity contribution in [1.82, 2.24) is 9.21 Å². The third-order valence-corrected chi connectivity index (χ3v) is 6.22. The molecule has 23 heavy (non-hydrogen) atoms. The van der Waals surface area contributed by atoms with Gasteiger partial charge in [0.15, 0.2) is 0 Å². The molecule has 126 valence electrons. The van der Waals surface area contributed by atoms with Gasteiger partial charge in [-0.2, -0.15) is 4.31 Å². The molecule has 0 bridgehead atoms. The van der Waals surface area contributed by atoms with Gasteiger partial charge < -0.3 is 9.64 Å². The topological polar surface area (TPSA) is 66.9 Å². The fourth-order valence-corrected chi connectivity index (χ4v) is 4.71. The van der Waals surface area contributed by atoms with Gasteiger partial charge in [-0.25, -0.2) is 8.42 Å². The lowest BCUT2D eigenvalue weighted by Crippen LogP contribution is -2.50. The second kappa shape index (κ2) is 5.58. The van der Waals surface area contributed by atoms with Crippen LogP contribution in [0.15, 0.2) is 23.1 Å². The Balaban J connectivity index is 1.88. The molecule has 2 heterocycles. The summed E-state index contributed by atoms with van der Waals surface area (Å²) in [4.78, 5) is 13.5. The summed E-state index contributed by atoms with van der Waals surface area (Å²) in [5.41, 5.74) is 1.45. The SMILES string of the molecule is CC(=O)N1Cc2ccc(S(=O)(=O)N3CCOC(C)(C)C3)cc2C1. The maximum Gasteiger partial charge on any atom is 0.243 e. The summed E-state index contributed by atoms with van der Waals surface area (Å²) < 4.78 is 32.8. The number of ether oxygens (including phenoxy) is 1. The highest BCUT2D eigenvalue weighted by Gasteiger charge is 2.35. The van der Waals surface area contributed by atoms with Crippen LogP contribution in [0.25, 0.3) is 0 Å². The maximum atomic E-state index is 12.9. The number of fused-ring (bicyclic) bond motifs is 1. The smallest absolute Gasteiger partial charge is 0.243 e. The molecular formula is C16H22N2O4S. The minimum absolute atomic E-state index is 0.000496. The Kier molecular flexibility index (Phi) is 3.98. The van der Waals surface area contributed by atoms with Crippen LogP contribution in [-0.4, -0.2) is 48.8 Å². The van der Waals surface area contributed by atoms with Crippen LogP contribution in [0.1, 0.15) is 31.9 Å². The molecule has 1 aromatic carbocycles. The molecule has 0 radical (unpaired) electrons. The summed E-state index contributed by atoms with van der Waals surface area (Å²) in [6, 6.07) is 5.16. The van der Waals surface area contributed by atoms with E-state index in [0.29, 0.717) is 37.7 Å². The lowest BCUT2D eigenvalue weighted by Gasteiger charge is -2.37. The molecule has 1 amide bonds. The highest BCUT2D eigenvalue weighted by molar-refractivity contribution is 7.89. The van der Waals surface area contributed by atoms with E-state index in [1.54, 1.807) is 17.0 Å². The fourth-order valence-electron chi connectivity index (χ4n) is 3.08. The number of nitrogens with zero attached hydrogens (tertiary/aromatic N) is 2. The van der Waals surface area contributed by atoms with Gasteiger partial charge in [-0.3, -0.25) is 4.79 Å². The Bertz CT molecular complexity index is 742. The fraction of sp³-hybridized carbons (Fsp3) is 0.562. The van der Waals surface area contributed by atoms with Crippen molar-refractivity contribution in [2.75, 3.05) is 19.7 Å². The quantitative estimate of drug-likeness (QED) is 0.816. The number of hydrogen-bond acceptors (Lipinski definition) is 4. The van der Waals surface area contributed by atoms with Crippen molar-refractivity contribution < 1.29 is 17.9 Å². The minimum atomic E-state index is -3.54. The molecule has 1 saturated heterocycles. The third-order valence-electron chi connectivity index (χ3n) is 4.37. The van der Waals surface area contributed by atoms with Crippen molar-refractivity contribution in [2.45, 2.75) is 44.4 Å². The van der Waals surface area contributed by atoms with E-state index >= 15 is 0 Å². The van der Waals surface area contributed by atoms with Gasteiger partial charge in [0, 0.05) is 33.1 Å². The van der Waals surface area contributed by atoms with Gasteiger partial charge in [0.1, 0.15) is 0 Å². The Morgan fingerprint density at radius 3 is 2.57 bits per heavy atom. The zero-order valence-electron chi connectivity index (χ0n) is 13.7. The van der Waals surface area contributed by atoms with Gasteiger partial charge in [-0.1, -0.05) is 6.07 Å². The molecule has 0 atom stereocenters. The zero-order chi connectivity index (χ0) is 16.8. The van der Waals surface area contributed by atoms with E-state index in [4.69, 9.17) is 4.74 Å². The number of sulfonamides is 1. The minimum Gasteiger partial charge on any atom is -0.373 e. The lowest BCUT2D eigenvalue weighted by atomic mass is 10.1. The number of rotatable bonds is 2. The van der Waals surface area contributed by atoms with E-state index in [-0.39, 0.29) is 5.91 Å². The molecule has 3 rings (SSSR count). The van der Waals surface area contributed by atoms with Crippen LogP contribution in [0, 0.1) is 0 Å². The Morgan fingerprint density at radius 1 is 1.22 bits per heavy atom. The molecule has 0 spiro atoms. The van der Waals surface area contributed by atoms with Crippen LogP contribution in [0.5, 0.6) is 0 Å². The first kappa shape index (κ1) is 16.4. The molecule has 0 unspecified atom stereocenters. The molecule has 2 aliphatic heterocycles.